The third kappa shape index (κ3) is 3.08. The van der Waals surface area contributed by atoms with Crippen LogP contribution in [0.1, 0.15) is 5.82 Å². The number of imidazole rings is 1. The van der Waals surface area contributed by atoms with E-state index in [4.69, 9.17) is 5.73 Å². The first kappa shape index (κ1) is 13.0. The molecule has 2 N–H and O–H groups in total. The van der Waals surface area contributed by atoms with E-state index in [2.05, 4.69) is 14.8 Å². The molecule has 1 aromatic heterocycles. The van der Waals surface area contributed by atoms with Gasteiger partial charge < -0.3 is 15.2 Å². The Morgan fingerprint density at radius 1 is 1.44 bits per heavy atom. The smallest absolute Gasteiger partial charge is 0.223 e. The van der Waals surface area contributed by atoms with Gasteiger partial charge in [0.25, 0.3) is 0 Å². The molecule has 0 spiro atoms. The predicted molar refractivity (Wildman–Crippen MR) is 68.7 cm³/mol. The van der Waals surface area contributed by atoms with Crippen molar-refractivity contribution in [3.05, 3.63) is 18.2 Å². The highest BCUT2D eigenvalue weighted by Crippen LogP contribution is 2.11. The van der Waals surface area contributed by atoms with Gasteiger partial charge in [0.05, 0.1) is 12.5 Å². The zero-order chi connectivity index (χ0) is 13.1. The number of aromatic nitrogens is 2. The van der Waals surface area contributed by atoms with Gasteiger partial charge in [-0.15, -0.1) is 0 Å². The summed E-state index contributed by atoms with van der Waals surface area (Å²) in [5.74, 6) is 0.703. The Bertz CT molecular complexity index is 416. The van der Waals surface area contributed by atoms with Crippen LogP contribution in [0.5, 0.6) is 0 Å². The van der Waals surface area contributed by atoms with Crippen molar-refractivity contribution in [1.29, 1.82) is 0 Å². The van der Waals surface area contributed by atoms with Gasteiger partial charge in [-0.25, -0.2) is 4.98 Å². The predicted octanol–water partition coefficient (Wildman–Crippen LogP) is -0.731. The Morgan fingerprint density at radius 3 is 2.83 bits per heavy atom. The largest absolute Gasteiger partial charge is 0.369 e. The Hall–Kier alpha value is -1.40. The Balaban J connectivity index is 2.03. The van der Waals surface area contributed by atoms with E-state index in [1.165, 1.54) is 0 Å². The zero-order valence-electron chi connectivity index (χ0n) is 11.0. The number of carbonyl (C=O) groups is 1. The van der Waals surface area contributed by atoms with Crippen LogP contribution in [0.25, 0.3) is 0 Å². The maximum atomic E-state index is 11.4. The maximum Gasteiger partial charge on any atom is 0.223 e. The van der Waals surface area contributed by atoms with Gasteiger partial charge in [0.15, 0.2) is 0 Å². The van der Waals surface area contributed by atoms with Crippen molar-refractivity contribution < 1.29 is 4.79 Å². The molecule has 6 nitrogen and oxygen atoms in total. The second-order valence-electron chi connectivity index (χ2n) is 5.05. The van der Waals surface area contributed by atoms with Crippen molar-refractivity contribution in [2.75, 3.05) is 33.2 Å². The molecule has 18 heavy (non-hydrogen) atoms. The van der Waals surface area contributed by atoms with Crippen LogP contribution in [-0.4, -0.2) is 58.5 Å². The fourth-order valence-corrected chi connectivity index (χ4v) is 2.31. The van der Waals surface area contributed by atoms with E-state index >= 15 is 0 Å². The molecule has 1 atom stereocenters. The summed E-state index contributed by atoms with van der Waals surface area (Å²) < 4.78 is 2.01. The van der Waals surface area contributed by atoms with E-state index in [0.29, 0.717) is 6.54 Å². The molecule has 2 heterocycles. The van der Waals surface area contributed by atoms with Crippen molar-refractivity contribution in [3.8, 4) is 0 Å². The summed E-state index contributed by atoms with van der Waals surface area (Å²) >= 11 is 0. The average molecular weight is 251 g/mol. The van der Waals surface area contributed by atoms with Gasteiger partial charge in [-0.1, -0.05) is 0 Å². The van der Waals surface area contributed by atoms with E-state index in [1.54, 1.807) is 6.20 Å². The first-order valence-electron chi connectivity index (χ1n) is 6.22. The van der Waals surface area contributed by atoms with Gasteiger partial charge >= 0.3 is 0 Å². The lowest BCUT2D eigenvalue weighted by Crippen LogP contribution is -2.37. The molecular formula is C12H21N5O. The van der Waals surface area contributed by atoms with E-state index in [0.717, 1.165) is 32.0 Å². The Labute approximate surface area is 107 Å². The molecule has 2 rings (SSSR count). The Morgan fingerprint density at radius 2 is 2.22 bits per heavy atom. The number of hydrogen-bond donors (Lipinski definition) is 1. The van der Waals surface area contributed by atoms with Crippen LogP contribution in [0, 0.1) is 5.92 Å². The van der Waals surface area contributed by atoms with Gasteiger partial charge in [0.1, 0.15) is 5.82 Å². The third-order valence-electron chi connectivity index (χ3n) is 3.50. The van der Waals surface area contributed by atoms with Crippen LogP contribution in [0.15, 0.2) is 12.4 Å². The molecule has 1 amide bonds. The second-order valence-corrected chi connectivity index (χ2v) is 5.05. The molecule has 0 aliphatic carbocycles. The van der Waals surface area contributed by atoms with Crippen molar-refractivity contribution in [3.63, 3.8) is 0 Å². The zero-order valence-corrected chi connectivity index (χ0v) is 11.0. The monoisotopic (exact) mass is 251 g/mol. The molecule has 1 aromatic rings. The van der Waals surface area contributed by atoms with Crippen molar-refractivity contribution in [2.45, 2.75) is 6.54 Å². The van der Waals surface area contributed by atoms with Crippen LogP contribution >= 0.6 is 0 Å². The average Bonchev–Trinajstić information content (AvgIpc) is 2.59. The number of primary amides is 1. The molecule has 0 bridgehead atoms. The SMILES string of the molecule is CN1CCN(Cc2nccn2C)CC(C(N)=O)C1. The quantitative estimate of drug-likeness (QED) is 0.769. The van der Waals surface area contributed by atoms with E-state index in [-0.39, 0.29) is 11.8 Å². The molecule has 0 saturated carbocycles. The summed E-state index contributed by atoms with van der Waals surface area (Å²) in [6, 6.07) is 0. The van der Waals surface area contributed by atoms with E-state index < -0.39 is 0 Å². The maximum absolute atomic E-state index is 11.4. The van der Waals surface area contributed by atoms with E-state index in [1.807, 2.05) is 24.9 Å². The Kier molecular flexibility index (Phi) is 3.98. The van der Waals surface area contributed by atoms with Gasteiger partial charge in [0, 0.05) is 45.6 Å². The molecule has 1 saturated heterocycles. The number of likely N-dealkylation sites (N-methyl/N-ethyl adjacent to an activating group) is 1. The van der Waals surface area contributed by atoms with Gasteiger partial charge in [-0.2, -0.15) is 0 Å². The summed E-state index contributed by atoms with van der Waals surface area (Å²) in [6.07, 6.45) is 3.73. The first-order valence-corrected chi connectivity index (χ1v) is 6.22. The highest BCUT2D eigenvalue weighted by atomic mass is 16.1. The summed E-state index contributed by atoms with van der Waals surface area (Å²) in [6.45, 7) is 4.11. The molecule has 100 valence electrons. The molecule has 0 aromatic carbocycles. The summed E-state index contributed by atoms with van der Waals surface area (Å²) in [5.41, 5.74) is 5.45. The topological polar surface area (TPSA) is 67.4 Å². The first-order chi connectivity index (χ1) is 8.56. The number of nitrogens with two attached hydrogens (primary N) is 1. The number of hydrogen-bond acceptors (Lipinski definition) is 4. The molecule has 1 aliphatic rings. The van der Waals surface area contributed by atoms with Gasteiger partial charge in [-0.3, -0.25) is 9.69 Å². The summed E-state index contributed by atoms with van der Waals surface area (Å²) in [7, 11) is 4.01. The standard InChI is InChI=1S/C12H21N5O/c1-15-5-6-17(8-10(7-15)12(13)18)9-11-14-3-4-16(11)2/h3-4,10H,5-9H2,1-2H3,(H2,13,18). The van der Waals surface area contributed by atoms with Crippen molar-refractivity contribution in [1.82, 2.24) is 19.4 Å². The molecule has 1 unspecified atom stereocenters. The molecular weight excluding hydrogens is 230 g/mol. The number of rotatable bonds is 3. The number of nitrogens with zero attached hydrogens (tertiary/aromatic N) is 4. The minimum atomic E-state index is -0.214. The fourth-order valence-electron chi connectivity index (χ4n) is 2.31. The van der Waals surface area contributed by atoms with Crippen LogP contribution in [0.2, 0.25) is 0 Å². The van der Waals surface area contributed by atoms with Crippen LogP contribution in [0.4, 0.5) is 0 Å². The van der Waals surface area contributed by atoms with Gasteiger partial charge in [-0.05, 0) is 7.05 Å². The summed E-state index contributed by atoms with van der Waals surface area (Å²) in [5, 5.41) is 0. The third-order valence-corrected chi connectivity index (χ3v) is 3.50. The van der Waals surface area contributed by atoms with Crippen molar-refractivity contribution in [2.24, 2.45) is 18.7 Å². The minimum absolute atomic E-state index is 0.0993. The number of carbonyl (C=O) groups excluding carboxylic acids is 1. The minimum Gasteiger partial charge on any atom is -0.369 e. The lowest BCUT2D eigenvalue weighted by Gasteiger charge is -2.21. The van der Waals surface area contributed by atoms with Crippen LogP contribution < -0.4 is 5.73 Å². The molecule has 0 radical (unpaired) electrons. The summed E-state index contributed by atoms with van der Waals surface area (Å²) in [4.78, 5) is 20.1. The highest BCUT2D eigenvalue weighted by Gasteiger charge is 2.25. The number of aryl methyl sites for hydroxylation is 1. The molecule has 1 fully saturated rings. The second kappa shape index (κ2) is 5.49. The normalized spacial score (nSPS) is 22.9. The van der Waals surface area contributed by atoms with Crippen molar-refractivity contribution >= 4 is 5.91 Å². The number of amides is 1. The van der Waals surface area contributed by atoms with Crippen LogP contribution in [-0.2, 0) is 18.4 Å². The lowest BCUT2D eigenvalue weighted by atomic mass is 10.1. The lowest BCUT2D eigenvalue weighted by molar-refractivity contribution is -0.122. The van der Waals surface area contributed by atoms with Gasteiger partial charge in [0.2, 0.25) is 5.91 Å². The highest BCUT2D eigenvalue weighted by molar-refractivity contribution is 5.77. The molecule has 1 aliphatic heterocycles. The van der Waals surface area contributed by atoms with Crippen LogP contribution in [0.3, 0.4) is 0 Å². The fraction of sp³-hybridized carbons (Fsp3) is 0.667. The molecule has 6 heteroatoms. The van der Waals surface area contributed by atoms with E-state index in [9.17, 15) is 4.79 Å².